The molecule has 0 aliphatic rings. The van der Waals surface area contributed by atoms with E-state index in [-0.39, 0.29) is 35.3 Å². The standard InChI is InChI=1S/C3H6O2S.Na/c1-6-2-3(4)5;/h2H2,1H3,(H,4,5);/q;+1/p-1. The normalized spacial score (nSPS) is 7.00. The van der Waals surface area contributed by atoms with Gasteiger partial charge in [0.15, 0.2) is 0 Å². The molecule has 0 aromatic heterocycles. The van der Waals surface area contributed by atoms with Crippen molar-refractivity contribution in [3.8, 4) is 0 Å². The van der Waals surface area contributed by atoms with Gasteiger partial charge in [0, 0.05) is 5.75 Å². The fourth-order valence-corrected chi connectivity index (χ4v) is 0.354. The Bertz CT molecular complexity index is 56.9. The molecule has 0 N–H and O–H groups in total. The Labute approximate surface area is 69.0 Å². The number of hydrogen-bond acceptors (Lipinski definition) is 3. The molecule has 0 radical (unpaired) electrons. The Kier molecular flexibility index (Phi) is 10.5. The van der Waals surface area contributed by atoms with E-state index in [1.165, 1.54) is 11.8 Å². The topological polar surface area (TPSA) is 40.1 Å². The third-order valence-corrected chi connectivity index (χ3v) is 0.787. The molecule has 0 aliphatic carbocycles. The molecule has 0 unspecified atom stereocenters. The van der Waals surface area contributed by atoms with Crippen molar-refractivity contribution < 1.29 is 39.5 Å². The maximum atomic E-state index is 9.47. The van der Waals surface area contributed by atoms with Gasteiger partial charge in [-0.25, -0.2) is 0 Å². The van der Waals surface area contributed by atoms with Gasteiger partial charge in [-0.2, -0.15) is 11.8 Å². The van der Waals surface area contributed by atoms with Crippen LogP contribution in [0.5, 0.6) is 0 Å². The van der Waals surface area contributed by atoms with Gasteiger partial charge in [0.1, 0.15) is 0 Å². The molecule has 0 heterocycles. The second-order valence-corrected chi connectivity index (χ2v) is 1.67. The molecule has 0 rings (SSSR count). The van der Waals surface area contributed by atoms with Crippen LogP contribution in [-0.2, 0) is 4.79 Å². The first-order chi connectivity index (χ1) is 2.77. The Balaban J connectivity index is 0. The summed E-state index contributed by atoms with van der Waals surface area (Å²) in [6.45, 7) is 0. The van der Waals surface area contributed by atoms with Crippen LogP contribution in [0.4, 0.5) is 0 Å². The molecule has 0 atom stereocenters. The minimum absolute atomic E-state index is 0. The van der Waals surface area contributed by atoms with Crippen molar-refractivity contribution in [1.29, 1.82) is 0 Å². The van der Waals surface area contributed by atoms with Crippen LogP contribution in [0.1, 0.15) is 0 Å². The van der Waals surface area contributed by atoms with Crippen molar-refractivity contribution in [1.82, 2.24) is 0 Å². The molecule has 0 saturated heterocycles. The summed E-state index contributed by atoms with van der Waals surface area (Å²) in [6, 6.07) is 0. The number of carbonyl (C=O) groups excluding carboxylic acids is 1. The van der Waals surface area contributed by atoms with Crippen LogP contribution in [0.15, 0.2) is 0 Å². The van der Waals surface area contributed by atoms with Crippen LogP contribution in [0.2, 0.25) is 0 Å². The van der Waals surface area contributed by atoms with Crippen molar-refractivity contribution in [3.05, 3.63) is 0 Å². The zero-order chi connectivity index (χ0) is 4.99. The SMILES string of the molecule is CSCC(=O)[O-].[Na+]. The molecule has 0 aromatic carbocycles. The van der Waals surface area contributed by atoms with E-state index in [0.717, 1.165) is 0 Å². The van der Waals surface area contributed by atoms with E-state index in [4.69, 9.17) is 0 Å². The Hall–Kier alpha value is 0.820. The monoisotopic (exact) mass is 128 g/mol. The zero-order valence-electron chi connectivity index (χ0n) is 4.43. The summed E-state index contributed by atoms with van der Waals surface area (Å²) in [4.78, 5) is 9.47. The van der Waals surface area contributed by atoms with Gasteiger partial charge in [0.25, 0.3) is 0 Å². The van der Waals surface area contributed by atoms with Crippen molar-refractivity contribution in [2.45, 2.75) is 0 Å². The molecule has 0 aromatic rings. The molecule has 36 valence electrons. The van der Waals surface area contributed by atoms with Gasteiger partial charge in [0.05, 0.1) is 5.97 Å². The van der Waals surface area contributed by atoms with Crippen molar-refractivity contribution in [3.63, 3.8) is 0 Å². The van der Waals surface area contributed by atoms with E-state index < -0.39 is 5.97 Å². The maximum Gasteiger partial charge on any atom is 1.00 e. The van der Waals surface area contributed by atoms with Gasteiger partial charge in [0.2, 0.25) is 0 Å². The zero-order valence-corrected chi connectivity index (χ0v) is 7.25. The van der Waals surface area contributed by atoms with Crippen molar-refractivity contribution in [2.24, 2.45) is 0 Å². The summed E-state index contributed by atoms with van der Waals surface area (Å²) in [5.41, 5.74) is 0. The third-order valence-electron chi connectivity index (χ3n) is 0.262. The predicted octanol–water partition coefficient (Wildman–Crippen LogP) is -3.90. The quantitative estimate of drug-likeness (QED) is 0.357. The summed E-state index contributed by atoms with van der Waals surface area (Å²) in [6.07, 6.45) is 1.72. The summed E-state index contributed by atoms with van der Waals surface area (Å²) >= 11 is 1.25. The van der Waals surface area contributed by atoms with Crippen molar-refractivity contribution in [2.75, 3.05) is 12.0 Å². The van der Waals surface area contributed by atoms with Gasteiger partial charge in [-0.3, -0.25) is 0 Å². The number of carboxylic acid groups (broad SMARTS) is 1. The summed E-state index contributed by atoms with van der Waals surface area (Å²) < 4.78 is 0. The number of aliphatic carboxylic acids is 1. The minimum atomic E-state index is -0.998. The largest absolute Gasteiger partial charge is 1.00 e. The Morgan fingerprint density at radius 3 is 2.29 bits per heavy atom. The second-order valence-electron chi connectivity index (χ2n) is 0.805. The fraction of sp³-hybridized carbons (Fsp3) is 0.667. The predicted molar refractivity (Wildman–Crippen MR) is 23.4 cm³/mol. The molecule has 4 heteroatoms. The molecule has 2 nitrogen and oxygen atoms in total. The molecule has 0 bridgehead atoms. The first kappa shape index (κ1) is 10.7. The van der Waals surface area contributed by atoms with E-state index in [9.17, 15) is 9.90 Å². The van der Waals surface area contributed by atoms with E-state index >= 15 is 0 Å². The van der Waals surface area contributed by atoms with Crippen LogP contribution in [-0.4, -0.2) is 18.0 Å². The second kappa shape index (κ2) is 6.82. The molecule has 0 amide bonds. The first-order valence-corrected chi connectivity index (χ1v) is 2.85. The number of thioether (sulfide) groups is 1. The fourth-order valence-electron chi connectivity index (χ4n) is 0.118. The van der Waals surface area contributed by atoms with Crippen LogP contribution < -0.4 is 34.7 Å². The molecule has 7 heavy (non-hydrogen) atoms. The van der Waals surface area contributed by atoms with E-state index in [2.05, 4.69) is 0 Å². The molecule has 0 spiro atoms. The minimum Gasteiger partial charge on any atom is -0.549 e. The number of carboxylic acids is 1. The van der Waals surface area contributed by atoms with Crippen LogP contribution in [0.25, 0.3) is 0 Å². The molecular weight excluding hydrogens is 123 g/mol. The van der Waals surface area contributed by atoms with Gasteiger partial charge in [-0.05, 0) is 6.26 Å². The van der Waals surface area contributed by atoms with E-state index in [1.807, 2.05) is 0 Å². The van der Waals surface area contributed by atoms with Crippen molar-refractivity contribution >= 4 is 17.7 Å². The van der Waals surface area contributed by atoms with Crippen LogP contribution >= 0.6 is 11.8 Å². The summed E-state index contributed by atoms with van der Waals surface area (Å²) in [7, 11) is 0. The number of carbonyl (C=O) groups is 1. The average molecular weight is 128 g/mol. The summed E-state index contributed by atoms with van der Waals surface area (Å²) in [5, 5.41) is 9.47. The average Bonchev–Trinajstić information content (AvgIpc) is 1.35. The third kappa shape index (κ3) is 10.9. The van der Waals surface area contributed by atoms with Gasteiger partial charge < -0.3 is 9.90 Å². The van der Waals surface area contributed by atoms with Crippen LogP contribution in [0.3, 0.4) is 0 Å². The van der Waals surface area contributed by atoms with Gasteiger partial charge >= 0.3 is 29.6 Å². The Morgan fingerprint density at radius 2 is 2.29 bits per heavy atom. The van der Waals surface area contributed by atoms with Gasteiger partial charge in [-0.15, -0.1) is 0 Å². The number of hydrogen-bond donors (Lipinski definition) is 0. The maximum absolute atomic E-state index is 9.47. The smallest absolute Gasteiger partial charge is 0.549 e. The Morgan fingerprint density at radius 1 is 1.86 bits per heavy atom. The molecule has 0 aliphatic heterocycles. The summed E-state index contributed by atoms with van der Waals surface area (Å²) in [5.74, 6) is -0.900. The van der Waals surface area contributed by atoms with E-state index in [1.54, 1.807) is 6.26 Å². The molecule has 0 saturated carbocycles. The first-order valence-electron chi connectivity index (χ1n) is 1.46. The molecule has 0 fully saturated rings. The van der Waals surface area contributed by atoms with Crippen LogP contribution in [0, 0.1) is 0 Å². The molecular formula is C3H5NaO2S. The van der Waals surface area contributed by atoms with E-state index in [0.29, 0.717) is 0 Å². The van der Waals surface area contributed by atoms with Gasteiger partial charge in [-0.1, -0.05) is 0 Å². The number of rotatable bonds is 2.